The number of carbonyl (C=O) groups is 2. The van der Waals surface area contributed by atoms with Crippen molar-refractivity contribution < 1.29 is 19.1 Å². The first-order chi connectivity index (χ1) is 16.2. The van der Waals surface area contributed by atoms with Crippen molar-refractivity contribution in [1.29, 1.82) is 0 Å². The summed E-state index contributed by atoms with van der Waals surface area (Å²) in [5.41, 5.74) is 3.51. The number of anilines is 1. The quantitative estimate of drug-likeness (QED) is 0.398. The summed E-state index contributed by atoms with van der Waals surface area (Å²) < 4.78 is 10.8. The topological polar surface area (TPSA) is 67.9 Å². The summed E-state index contributed by atoms with van der Waals surface area (Å²) in [6, 6.07) is 15.5. The van der Waals surface area contributed by atoms with Crippen LogP contribution in [-0.2, 0) is 25.6 Å². The molecular formula is C27H32N2O4. The summed E-state index contributed by atoms with van der Waals surface area (Å²) >= 11 is 0. The lowest BCUT2D eigenvalue weighted by Crippen LogP contribution is -2.33. The fourth-order valence-electron chi connectivity index (χ4n) is 3.52. The van der Waals surface area contributed by atoms with Crippen LogP contribution in [0.25, 0.3) is 0 Å². The van der Waals surface area contributed by atoms with E-state index in [1.807, 2.05) is 48.5 Å². The molecule has 6 heteroatoms. The van der Waals surface area contributed by atoms with Gasteiger partial charge in [0.25, 0.3) is 0 Å². The van der Waals surface area contributed by atoms with E-state index in [1.54, 1.807) is 4.90 Å². The Morgan fingerprint density at radius 3 is 2.42 bits per heavy atom. The summed E-state index contributed by atoms with van der Waals surface area (Å²) in [7, 11) is 0. The van der Waals surface area contributed by atoms with Gasteiger partial charge < -0.3 is 19.7 Å². The molecule has 0 aromatic heterocycles. The van der Waals surface area contributed by atoms with Crippen LogP contribution in [0.4, 0.5) is 5.69 Å². The maximum Gasteiger partial charge on any atom is 0.227 e. The molecule has 0 spiro atoms. The van der Waals surface area contributed by atoms with Gasteiger partial charge in [0.2, 0.25) is 11.8 Å². The van der Waals surface area contributed by atoms with Crippen LogP contribution in [0.5, 0.6) is 0 Å². The van der Waals surface area contributed by atoms with Gasteiger partial charge in [-0.05, 0) is 36.6 Å². The molecule has 2 aromatic rings. The van der Waals surface area contributed by atoms with Crippen LogP contribution < -0.4 is 10.2 Å². The van der Waals surface area contributed by atoms with E-state index in [9.17, 15) is 9.59 Å². The van der Waals surface area contributed by atoms with Crippen molar-refractivity contribution in [1.82, 2.24) is 5.32 Å². The Kier molecular flexibility index (Phi) is 9.96. The van der Waals surface area contributed by atoms with Gasteiger partial charge in [-0.1, -0.05) is 49.1 Å². The number of ether oxygens (including phenoxy) is 2. The van der Waals surface area contributed by atoms with Gasteiger partial charge in [-0.2, -0.15) is 0 Å². The Morgan fingerprint density at radius 2 is 1.61 bits per heavy atom. The molecule has 3 rings (SSSR count). The summed E-state index contributed by atoms with van der Waals surface area (Å²) in [5.74, 6) is 6.18. The molecular weight excluding hydrogens is 416 g/mol. The lowest BCUT2D eigenvalue weighted by molar-refractivity contribution is -0.125. The Bertz CT molecular complexity index is 993. The predicted octanol–water partition coefficient (Wildman–Crippen LogP) is 3.66. The number of hydrogen-bond acceptors (Lipinski definition) is 4. The monoisotopic (exact) mass is 448 g/mol. The third-order valence-electron chi connectivity index (χ3n) is 5.25. The van der Waals surface area contributed by atoms with Crippen LogP contribution >= 0.6 is 0 Å². The van der Waals surface area contributed by atoms with Crippen LogP contribution in [0, 0.1) is 11.8 Å². The third kappa shape index (κ3) is 7.74. The average Bonchev–Trinajstić information content (AvgIpc) is 2.83. The standard InChI is InChI=1S/C27H32N2O4/c1-2-17-32-19-20-33-18-7-16-28-26(30)14-15-27(31)29-21-24-10-4-3-8-22(24)12-13-23-9-5-6-11-25(23)29/h3-6,8-11H,2,7,14-21H2,1H3,(H,28,30). The maximum atomic E-state index is 13.1. The van der Waals surface area contributed by atoms with Gasteiger partial charge in [-0.25, -0.2) is 0 Å². The molecule has 2 aromatic carbocycles. The second kappa shape index (κ2) is 13.4. The second-order valence-electron chi connectivity index (χ2n) is 7.83. The molecule has 1 aliphatic heterocycles. The molecule has 33 heavy (non-hydrogen) atoms. The molecule has 0 atom stereocenters. The first-order valence-electron chi connectivity index (χ1n) is 11.6. The van der Waals surface area contributed by atoms with E-state index in [4.69, 9.17) is 9.47 Å². The molecule has 1 heterocycles. The summed E-state index contributed by atoms with van der Waals surface area (Å²) in [6.45, 7) is 5.50. The van der Waals surface area contributed by atoms with Gasteiger partial charge in [0.1, 0.15) is 0 Å². The van der Waals surface area contributed by atoms with E-state index in [-0.39, 0.29) is 24.7 Å². The largest absolute Gasteiger partial charge is 0.379 e. The average molecular weight is 449 g/mol. The van der Waals surface area contributed by atoms with Gasteiger partial charge in [0, 0.05) is 43.7 Å². The number of fused-ring (bicyclic) bond motifs is 2. The lowest BCUT2D eigenvalue weighted by atomic mass is 10.0. The molecule has 0 aliphatic carbocycles. The minimum Gasteiger partial charge on any atom is -0.379 e. The highest BCUT2D eigenvalue weighted by Crippen LogP contribution is 2.26. The zero-order valence-electron chi connectivity index (χ0n) is 19.3. The number of benzene rings is 2. The zero-order chi connectivity index (χ0) is 23.3. The Morgan fingerprint density at radius 1 is 0.909 bits per heavy atom. The highest BCUT2D eigenvalue weighted by Gasteiger charge is 2.21. The molecule has 0 saturated heterocycles. The van der Waals surface area contributed by atoms with Crippen molar-refractivity contribution in [3.63, 3.8) is 0 Å². The minimum atomic E-state index is -0.129. The molecule has 0 radical (unpaired) electrons. The highest BCUT2D eigenvalue weighted by atomic mass is 16.5. The van der Waals surface area contributed by atoms with Crippen molar-refractivity contribution in [3.05, 3.63) is 65.2 Å². The summed E-state index contributed by atoms with van der Waals surface area (Å²) in [5, 5.41) is 2.87. The molecule has 174 valence electrons. The van der Waals surface area contributed by atoms with Crippen molar-refractivity contribution in [2.24, 2.45) is 0 Å². The van der Waals surface area contributed by atoms with E-state index in [0.717, 1.165) is 41.8 Å². The summed E-state index contributed by atoms with van der Waals surface area (Å²) in [4.78, 5) is 27.1. The Balaban J connectivity index is 1.47. The molecule has 1 aliphatic rings. The number of para-hydroxylation sites is 1. The van der Waals surface area contributed by atoms with Crippen molar-refractivity contribution in [2.75, 3.05) is 37.9 Å². The number of hydrogen-bond donors (Lipinski definition) is 1. The van der Waals surface area contributed by atoms with E-state index in [2.05, 4.69) is 24.1 Å². The molecule has 6 nitrogen and oxygen atoms in total. The smallest absolute Gasteiger partial charge is 0.227 e. The molecule has 0 saturated carbocycles. The fraction of sp³-hybridized carbons (Fsp3) is 0.407. The van der Waals surface area contributed by atoms with Crippen LogP contribution in [0.15, 0.2) is 48.5 Å². The first-order valence-corrected chi connectivity index (χ1v) is 11.6. The molecule has 0 unspecified atom stereocenters. The van der Waals surface area contributed by atoms with Crippen LogP contribution in [0.1, 0.15) is 49.3 Å². The van der Waals surface area contributed by atoms with E-state index in [1.165, 1.54) is 0 Å². The molecule has 1 N–H and O–H groups in total. The SMILES string of the molecule is CCCOCCOCCCNC(=O)CCC(=O)N1Cc2ccccc2C#Cc2ccccc21. The maximum absolute atomic E-state index is 13.1. The van der Waals surface area contributed by atoms with Gasteiger partial charge in [0.15, 0.2) is 0 Å². The predicted molar refractivity (Wildman–Crippen MR) is 129 cm³/mol. The van der Waals surface area contributed by atoms with Crippen LogP contribution in [0.3, 0.4) is 0 Å². The number of nitrogens with one attached hydrogen (secondary N) is 1. The molecule has 2 amide bonds. The first kappa shape index (κ1) is 24.5. The van der Waals surface area contributed by atoms with E-state index in [0.29, 0.717) is 32.9 Å². The normalized spacial score (nSPS) is 12.0. The van der Waals surface area contributed by atoms with E-state index >= 15 is 0 Å². The van der Waals surface area contributed by atoms with Gasteiger partial charge in [0.05, 0.1) is 25.4 Å². The van der Waals surface area contributed by atoms with Crippen molar-refractivity contribution in [2.45, 2.75) is 39.2 Å². The number of amides is 2. The number of carbonyl (C=O) groups excluding carboxylic acids is 2. The van der Waals surface area contributed by atoms with Crippen LogP contribution in [0.2, 0.25) is 0 Å². The van der Waals surface area contributed by atoms with Gasteiger partial charge >= 0.3 is 0 Å². The number of rotatable bonds is 12. The highest BCUT2D eigenvalue weighted by molar-refractivity contribution is 5.96. The van der Waals surface area contributed by atoms with Crippen LogP contribution in [-0.4, -0.2) is 44.8 Å². The fourth-order valence-corrected chi connectivity index (χ4v) is 3.52. The molecule has 0 fully saturated rings. The minimum absolute atomic E-state index is 0.0912. The Labute approximate surface area is 196 Å². The van der Waals surface area contributed by atoms with Crippen molar-refractivity contribution >= 4 is 17.5 Å². The van der Waals surface area contributed by atoms with Gasteiger partial charge in [-0.3, -0.25) is 9.59 Å². The van der Waals surface area contributed by atoms with Crippen molar-refractivity contribution in [3.8, 4) is 11.8 Å². The second-order valence-corrected chi connectivity index (χ2v) is 7.83. The number of nitrogens with zero attached hydrogens (tertiary/aromatic N) is 1. The molecule has 0 bridgehead atoms. The van der Waals surface area contributed by atoms with E-state index < -0.39 is 0 Å². The van der Waals surface area contributed by atoms with Gasteiger partial charge in [-0.15, -0.1) is 0 Å². The lowest BCUT2D eigenvalue weighted by Gasteiger charge is -2.26. The third-order valence-corrected chi connectivity index (χ3v) is 5.25. The summed E-state index contributed by atoms with van der Waals surface area (Å²) in [6.07, 6.45) is 2.01. The Hall–Kier alpha value is -3.14. The zero-order valence-corrected chi connectivity index (χ0v) is 19.3.